The molecule has 1 aliphatic heterocycles. The molecule has 0 aliphatic carbocycles. The monoisotopic (exact) mass is 288 g/mol. The highest BCUT2D eigenvalue weighted by Crippen LogP contribution is 2.43. The van der Waals surface area contributed by atoms with Crippen LogP contribution in [-0.2, 0) is 11.2 Å². The molecule has 0 bridgehead atoms. The minimum Gasteiger partial charge on any atom is -0.368 e. The summed E-state index contributed by atoms with van der Waals surface area (Å²) in [5, 5.41) is 9.90. The van der Waals surface area contributed by atoms with Crippen molar-refractivity contribution in [3.05, 3.63) is 47.5 Å². The lowest BCUT2D eigenvalue weighted by Crippen LogP contribution is -2.28. The summed E-state index contributed by atoms with van der Waals surface area (Å²) < 4.78 is 5.79. The van der Waals surface area contributed by atoms with Gasteiger partial charge in [0, 0.05) is 6.42 Å². The van der Waals surface area contributed by atoms with E-state index in [1.54, 1.807) is 0 Å². The van der Waals surface area contributed by atoms with Gasteiger partial charge in [-0.15, -0.1) is 0 Å². The molecule has 0 aromatic heterocycles. The van der Waals surface area contributed by atoms with Crippen LogP contribution in [0.2, 0.25) is 0 Å². The average molecular weight is 288 g/mol. The van der Waals surface area contributed by atoms with Crippen molar-refractivity contribution >= 4 is 0 Å². The lowest BCUT2D eigenvalue weighted by atomic mass is 9.76. The number of aryl methyl sites for hydroxylation is 1. The van der Waals surface area contributed by atoms with Gasteiger partial charge in [0.05, 0.1) is 6.10 Å². The summed E-state index contributed by atoms with van der Waals surface area (Å²) in [5.41, 5.74) is 2.79. The Bertz CT molecular complexity index is 462. The summed E-state index contributed by atoms with van der Waals surface area (Å²) in [6.07, 6.45) is 6.72. The summed E-state index contributed by atoms with van der Waals surface area (Å²) in [4.78, 5) is 0. The summed E-state index contributed by atoms with van der Waals surface area (Å²) in [6.45, 7) is 6.53. The van der Waals surface area contributed by atoms with Crippen molar-refractivity contribution < 1.29 is 9.84 Å². The van der Waals surface area contributed by atoms with Crippen LogP contribution in [0.25, 0.3) is 0 Å². The van der Waals surface area contributed by atoms with Gasteiger partial charge in [0.1, 0.15) is 0 Å². The van der Waals surface area contributed by atoms with Crippen molar-refractivity contribution in [1.29, 1.82) is 0 Å². The average Bonchev–Trinajstić information content (AvgIpc) is 2.72. The normalized spacial score (nSPS) is 28.6. The standard InChI is InChI=1S/C19H28O2/c1-15(2)8-7-13-19(3)14-18(20)21-17(19)12-11-16-9-5-4-6-10-16/h4-6,8-10,17-18,20H,7,11-14H2,1-3H3/t17-,18?,19-/m1/s1. The van der Waals surface area contributed by atoms with Crippen LogP contribution in [0.3, 0.4) is 0 Å². The van der Waals surface area contributed by atoms with Crippen LogP contribution in [0.4, 0.5) is 0 Å². The number of allylic oxidation sites excluding steroid dienone is 2. The number of ether oxygens (including phenoxy) is 1. The second-order valence-corrected chi connectivity index (χ2v) is 6.78. The van der Waals surface area contributed by atoms with E-state index in [4.69, 9.17) is 4.74 Å². The minimum absolute atomic E-state index is 0.0835. The zero-order valence-corrected chi connectivity index (χ0v) is 13.5. The van der Waals surface area contributed by atoms with E-state index in [9.17, 15) is 5.11 Å². The molecule has 1 N–H and O–H groups in total. The molecule has 116 valence electrons. The lowest BCUT2D eigenvalue weighted by molar-refractivity contribution is -0.0971. The molecular weight excluding hydrogens is 260 g/mol. The van der Waals surface area contributed by atoms with Crippen LogP contribution in [0.5, 0.6) is 0 Å². The molecule has 0 amide bonds. The first kappa shape index (κ1) is 16.3. The lowest BCUT2D eigenvalue weighted by Gasteiger charge is -2.29. The highest BCUT2D eigenvalue weighted by atomic mass is 16.6. The zero-order chi connectivity index (χ0) is 15.3. The molecule has 0 saturated carbocycles. The van der Waals surface area contributed by atoms with Crippen LogP contribution in [0, 0.1) is 5.41 Å². The van der Waals surface area contributed by atoms with Gasteiger partial charge in [0.2, 0.25) is 0 Å². The maximum atomic E-state index is 9.90. The van der Waals surface area contributed by atoms with Crippen molar-refractivity contribution in [2.45, 2.75) is 65.3 Å². The molecule has 1 aromatic rings. The van der Waals surface area contributed by atoms with Crippen molar-refractivity contribution in [2.24, 2.45) is 5.41 Å². The number of hydrogen-bond acceptors (Lipinski definition) is 2. The summed E-state index contributed by atoms with van der Waals surface area (Å²) in [5.74, 6) is 0. The molecule has 1 heterocycles. The predicted octanol–water partition coefficient (Wildman–Crippen LogP) is 4.48. The first-order valence-corrected chi connectivity index (χ1v) is 8.00. The molecule has 1 unspecified atom stereocenters. The predicted molar refractivity (Wildman–Crippen MR) is 87.0 cm³/mol. The molecular formula is C19H28O2. The van der Waals surface area contributed by atoms with Gasteiger partial charge in [-0.3, -0.25) is 0 Å². The van der Waals surface area contributed by atoms with Gasteiger partial charge in [-0.1, -0.05) is 48.9 Å². The highest BCUT2D eigenvalue weighted by molar-refractivity contribution is 5.15. The third kappa shape index (κ3) is 4.69. The summed E-state index contributed by atoms with van der Waals surface area (Å²) in [7, 11) is 0. The second-order valence-electron chi connectivity index (χ2n) is 6.78. The van der Waals surface area contributed by atoms with Gasteiger partial charge in [-0.25, -0.2) is 0 Å². The van der Waals surface area contributed by atoms with Gasteiger partial charge in [0.15, 0.2) is 6.29 Å². The smallest absolute Gasteiger partial charge is 0.155 e. The first-order valence-electron chi connectivity index (χ1n) is 8.00. The number of rotatable bonds is 6. The fourth-order valence-electron chi connectivity index (χ4n) is 3.24. The number of hydrogen-bond donors (Lipinski definition) is 1. The van der Waals surface area contributed by atoms with E-state index < -0.39 is 6.29 Å². The Labute approximate surface area is 128 Å². The molecule has 1 aromatic carbocycles. The largest absolute Gasteiger partial charge is 0.368 e. The molecule has 3 atom stereocenters. The second kappa shape index (κ2) is 7.24. The maximum Gasteiger partial charge on any atom is 0.155 e. The summed E-state index contributed by atoms with van der Waals surface area (Å²) >= 11 is 0. The molecule has 0 radical (unpaired) electrons. The molecule has 1 fully saturated rings. The Morgan fingerprint density at radius 1 is 1.33 bits per heavy atom. The molecule has 1 saturated heterocycles. The Morgan fingerprint density at radius 3 is 2.71 bits per heavy atom. The van der Waals surface area contributed by atoms with Crippen LogP contribution in [-0.4, -0.2) is 17.5 Å². The van der Waals surface area contributed by atoms with E-state index in [0.29, 0.717) is 0 Å². The van der Waals surface area contributed by atoms with E-state index in [1.807, 2.05) is 6.07 Å². The van der Waals surface area contributed by atoms with Gasteiger partial charge in [-0.05, 0) is 50.5 Å². The Balaban J connectivity index is 1.94. The summed E-state index contributed by atoms with van der Waals surface area (Å²) in [6, 6.07) is 10.5. The van der Waals surface area contributed by atoms with Crippen LogP contribution in [0.15, 0.2) is 42.0 Å². The van der Waals surface area contributed by atoms with Crippen molar-refractivity contribution in [1.82, 2.24) is 0 Å². The van der Waals surface area contributed by atoms with E-state index in [1.165, 1.54) is 11.1 Å². The quantitative estimate of drug-likeness (QED) is 0.782. The van der Waals surface area contributed by atoms with Crippen molar-refractivity contribution in [3.63, 3.8) is 0 Å². The van der Waals surface area contributed by atoms with Crippen molar-refractivity contribution in [3.8, 4) is 0 Å². The van der Waals surface area contributed by atoms with E-state index in [2.05, 4.69) is 51.1 Å². The third-order valence-corrected chi connectivity index (χ3v) is 4.55. The van der Waals surface area contributed by atoms with E-state index in [0.717, 1.165) is 32.1 Å². The van der Waals surface area contributed by atoms with Crippen molar-refractivity contribution in [2.75, 3.05) is 0 Å². The van der Waals surface area contributed by atoms with E-state index in [-0.39, 0.29) is 11.5 Å². The van der Waals surface area contributed by atoms with Gasteiger partial charge in [0.25, 0.3) is 0 Å². The van der Waals surface area contributed by atoms with Gasteiger partial charge >= 0.3 is 0 Å². The number of aliphatic hydroxyl groups excluding tert-OH is 1. The minimum atomic E-state index is -0.595. The van der Waals surface area contributed by atoms with Crippen LogP contribution < -0.4 is 0 Å². The molecule has 1 aliphatic rings. The fraction of sp³-hybridized carbons (Fsp3) is 0.579. The van der Waals surface area contributed by atoms with Crippen LogP contribution >= 0.6 is 0 Å². The fourth-order valence-corrected chi connectivity index (χ4v) is 3.24. The molecule has 0 spiro atoms. The van der Waals surface area contributed by atoms with Gasteiger partial charge < -0.3 is 9.84 Å². The highest BCUT2D eigenvalue weighted by Gasteiger charge is 2.43. The number of aliphatic hydroxyl groups is 1. The Kier molecular flexibility index (Phi) is 5.60. The van der Waals surface area contributed by atoms with E-state index >= 15 is 0 Å². The maximum absolute atomic E-state index is 9.90. The zero-order valence-electron chi connectivity index (χ0n) is 13.5. The third-order valence-electron chi connectivity index (χ3n) is 4.55. The Morgan fingerprint density at radius 2 is 2.05 bits per heavy atom. The number of benzene rings is 1. The molecule has 2 heteroatoms. The molecule has 21 heavy (non-hydrogen) atoms. The van der Waals surface area contributed by atoms with Gasteiger partial charge in [-0.2, -0.15) is 0 Å². The first-order chi connectivity index (χ1) is 9.99. The molecule has 2 nitrogen and oxygen atoms in total. The SMILES string of the molecule is CC(C)=CCC[C@]1(C)CC(O)O[C@@H]1CCc1ccccc1. The Hall–Kier alpha value is -1.12. The topological polar surface area (TPSA) is 29.5 Å². The van der Waals surface area contributed by atoms with Crippen LogP contribution in [0.1, 0.15) is 52.0 Å². The molecule has 2 rings (SSSR count).